The highest BCUT2D eigenvalue weighted by molar-refractivity contribution is 7.99. The van der Waals surface area contributed by atoms with Gasteiger partial charge in [0.2, 0.25) is 0 Å². The number of hydrogen-bond donors (Lipinski definition) is 1. The summed E-state index contributed by atoms with van der Waals surface area (Å²) in [5.74, 6) is -0.207. The van der Waals surface area contributed by atoms with Crippen LogP contribution >= 0.6 is 11.8 Å². The Bertz CT molecular complexity index is 525. The Morgan fingerprint density at radius 3 is 2.67 bits per heavy atom. The largest absolute Gasteiger partial charge is 0.354 e. The molecule has 2 aromatic carbocycles. The first kappa shape index (κ1) is 8.80. The van der Waals surface area contributed by atoms with E-state index in [1.165, 1.54) is 17.0 Å². The van der Waals surface area contributed by atoms with Gasteiger partial charge >= 0.3 is 0 Å². The molecular formula is C12H8FNS. The second-order valence-corrected chi connectivity index (χ2v) is 4.45. The number of rotatable bonds is 0. The van der Waals surface area contributed by atoms with Crippen LogP contribution in [0, 0.1) is 5.82 Å². The van der Waals surface area contributed by atoms with Gasteiger partial charge in [0.25, 0.3) is 0 Å². The topological polar surface area (TPSA) is 12.0 Å². The average molecular weight is 217 g/mol. The number of benzene rings is 2. The lowest BCUT2D eigenvalue weighted by atomic mass is 10.2. The van der Waals surface area contributed by atoms with Crippen LogP contribution in [0.5, 0.6) is 0 Å². The molecule has 0 radical (unpaired) electrons. The van der Waals surface area contributed by atoms with Crippen LogP contribution in [-0.2, 0) is 0 Å². The molecular weight excluding hydrogens is 209 g/mol. The predicted molar refractivity (Wildman–Crippen MR) is 60.2 cm³/mol. The molecule has 1 heterocycles. The molecule has 3 rings (SSSR count). The molecule has 1 nitrogen and oxygen atoms in total. The van der Waals surface area contributed by atoms with Crippen LogP contribution < -0.4 is 5.32 Å². The van der Waals surface area contributed by atoms with Gasteiger partial charge in [-0.15, -0.1) is 0 Å². The minimum absolute atomic E-state index is 0.207. The summed E-state index contributed by atoms with van der Waals surface area (Å²) in [7, 11) is 0. The third-order valence-electron chi connectivity index (χ3n) is 2.32. The van der Waals surface area contributed by atoms with Gasteiger partial charge in [-0.3, -0.25) is 0 Å². The van der Waals surface area contributed by atoms with Gasteiger partial charge in [0.15, 0.2) is 0 Å². The van der Waals surface area contributed by atoms with Crippen molar-refractivity contribution in [3.8, 4) is 0 Å². The highest BCUT2D eigenvalue weighted by Gasteiger charge is 2.14. The predicted octanol–water partition coefficient (Wildman–Crippen LogP) is 4.03. The monoisotopic (exact) mass is 217 g/mol. The maximum Gasteiger partial charge on any atom is 0.125 e. The Balaban J connectivity index is 2.11. The average Bonchev–Trinajstić information content (AvgIpc) is 2.26. The number of nitrogens with one attached hydrogen (secondary N) is 1. The van der Waals surface area contributed by atoms with Crippen LogP contribution in [0.1, 0.15) is 0 Å². The van der Waals surface area contributed by atoms with E-state index in [1.807, 2.05) is 18.2 Å². The van der Waals surface area contributed by atoms with Gasteiger partial charge in [-0.2, -0.15) is 0 Å². The first-order chi connectivity index (χ1) is 7.33. The fourth-order valence-electron chi connectivity index (χ4n) is 1.61. The second kappa shape index (κ2) is 3.28. The molecule has 0 spiro atoms. The van der Waals surface area contributed by atoms with Gasteiger partial charge in [-0.05, 0) is 30.3 Å². The van der Waals surface area contributed by atoms with Gasteiger partial charge < -0.3 is 5.32 Å². The standard InChI is InChI=1S/C12H8FNS/c13-8-5-6-12-10(7-8)14-9-3-1-2-4-11(9)15-12/h1-7,14H. The summed E-state index contributed by atoms with van der Waals surface area (Å²) in [6, 6.07) is 12.8. The zero-order valence-corrected chi connectivity index (χ0v) is 8.64. The fraction of sp³-hybridized carbons (Fsp3) is 0. The number of para-hydroxylation sites is 1. The fourth-order valence-corrected chi connectivity index (χ4v) is 2.58. The molecule has 0 saturated carbocycles. The van der Waals surface area contributed by atoms with E-state index in [1.54, 1.807) is 17.8 Å². The van der Waals surface area contributed by atoms with E-state index >= 15 is 0 Å². The van der Waals surface area contributed by atoms with E-state index in [-0.39, 0.29) is 5.82 Å². The Hall–Kier alpha value is -1.48. The molecule has 15 heavy (non-hydrogen) atoms. The van der Waals surface area contributed by atoms with Gasteiger partial charge in [-0.25, -0.2) is 4.39 Å². The molecule has 0 amide bonds. The Morgan fingerprint density at radius 1 is 0.933 bits per heavy atom. The normalized spacial score (nSPS) is 12.6. The summed E-state index contributed by atoms with van der Waals surface area (Å²) in [6.45, 7) is 0. The summed E-state index contributed by atoms with van der Waals surface area (Å²) in [5.41, 5.74) is 1.89. The van der Waals surface area contributed by atoms with E-state index in [2.05, 4.69) is 11.4 Å². The summed E-state index contributed by atoms with van der Waals surface area (Å²) in [6.07, 6.45) is 0. The van der Waals surface area contributed by atoms with Gasteiger partial charge in [0.05, 0.1) is 11.4 Å². The van der Waals surface area contributed by atoms with Crippen LogP contribution in [0.25, 0.3) is 0 Å². The zero-order valence-electron chi connectivity index (χ0n) is 7.83. The highest BCUT2D eigenvalue weighted by Crippen LogP contribution is 2.43. The minimum Gasteiger partial charge on any atom is -0.354 e. The molecule has 0 aliphatic carbocycles. The first-order valence-corrected chi connectivity index (χ1v) is 5.48. The number of halogens is 1. The van der Waals surface area contributed by atoms with Crippen molar-refractivity contribution >= 4 is 23.1 Å². The van der Waals surface area contributed by atoms with Gasteiger partial charge in [-0.1, -0.05) is 23.9 Å². The second-order valence-electron chi connectivity index (χ2n) is 3.36. The molecule has 74 valence electrons. The van der Waals surface area contributed by atoms with E-state index < -0.39 is 0 Å². The molecule has 0 bridgehead atoms. The molecule has 0 aromatic heterocycles. The number of hydrogen-bond acceptors (Lipinski definition) is 2. The quantitative estimate of drug-likeness (QED) is 0.610. The SMILES string of the molecule is Fc1ccc2c(c1)Nc1ccccc1S2. The van der Waals surface area contributed by atoms with Crippen LogP contribution in [0.3, 0.4) is 0 Å². The van der Waals surface area contributed by atoms with Crippen molar-refractivity contribution in [1.29, 1.82) is 0 Å². The van der Waals surface area contributed by atoms with Crippen molar-refractivity contribution in [2.45, 2.75) is 9.79 Å². The summed E-state index contributed by atoms with van der Waals surface area (Å²) < 4.78 is 13.0. The molecule has 1 aliphatic rings. The van der Waals surface area contributed by atoms with E-state index in [0.717, 1.165) is 16.3 Å². The zero-order chi connectivity index (χ0) is 10.3. The molecule has 0 atom stereocenters. The molecule has 0 unspecified atom stereocenters. The number of anilines is 2. The molecule has 3 heteroatoms. The van der Waals surface area contributed by atoms with Crippen molar-refractivity contribution in [2.24, 2.45) is 0 Å². The third kappa shape index (κ3) is 1.49. The Kier molecular flexibility index (Phi) is 1.92. The molecule has 0 saturated heterocycles. The summed E-state index contributed by atoms with van der Waals surface area (Å²) >= 11 is 1.66. The lowest BCUT2D eigenvalue weighted by Gasteiger charge is -2.20. The van der Waals surface area contributed by atoms with Crippen molar-refractivity contribution in [3.63, 3.8) is 0 Å². The van der Waals surface area contributed by atoms with Gasteiger partial charge in [0.1, 0.15) is 5.82 Å². The molecule has 0 fully saturated rings. The van der Waals surface area contributed by atoms with E-state index in [0.29, 0.717) is 0 Å². The molecule has 1 N–H and O–H groups in total. The maximum atomic E-state index is 13.0. The van der Waals surface area contributed by atoms with Crippen LogP contribution in [-0.4, -0.2) is 0 Å². The summed E-state index contributed by atoms with van der Waals surface area (Å²) in [5, 5.41) is 3.22. The van der Waals surface area contributed by atoms with Crippen molar-refractivity contribution < 1.29 is 4.39 Å². The Morgan fingerprint density at radius 2 is 1.73 bits per heavy atom. The van der Waals surface area contributed by atoms with Crippen molar-refractivity contribution in [3.05, 3.63) is 48.3 Å². The number of fused-ring (bicyclic) bond motifs is 2. The van der Waals surface area contributed by atoms with Gasteiger partial charge in [0, 0.05) is 9.79 Å². The minimum atomic E-state index is -0.207. The van der Waals surface area contributed by atoms with E-state index in [9.17, 15) is 4.39 Å². The third-order valence-corrected chi connectivity index (χ3v) is 3.47. The van der Waals surface area contributed by atoms with Crippen LogP contribution in [0.2, 0.25) is 0 Å². The summed E-state index contributed by atoms with van der Waals surface area (Å²) in [4.78, 5) is 2.24. The van der Waals surface area contributed by atoms with Crippen LogP contribution in [0.4, 0.5) is 15.8 Å². The molecule has 1 aliphatic heterocycles. The maximum absolute atomic E-state index is 13.0. The Labute approximate surface area is 91.3 Å². The lowest BCUT2D eigenvalue weighted by molar-refractivity contribution is 0.627. The highest BCUT2D eigenvalue weighted by atomic mass is 32.2. The van der Waals surface area contributed by atoms with E-state index in [4.69, 9.17) is 0 Å². The van der Waals surface area contributed by atoms with Crippen molar-refractivity contribution in [1.82, 2.24) is 0 Å². The first-order valence-electron chi connectivity index (χ1n) is 4.66. The lowest BCUT2D eigenvalue weighted by Crippen LogP contribution is -1.99. The van der Waals surface area contributed by atoms with Crippen LogP contribution in [0.15, 0.2) is 52.3 Å². The van der Waals surface area contributed by atoms with Crippen molar-refractivity contribution in [2.75, 3.05) is 5.32 Å². The smallest absolute Gasteiger partial charge is 0.125 e. The molecule has 2 aromatic rings.